The van der Waals surface area contributed by atoms with Crippen LogP contribution in [0, 0.1) is 0 Å². The number of hydrogen-bond donors (Lipinski definition) is 2. The molecule has 3 aromatic carbocycles. The lowest BCUT2D eigenvalue weighted by Crippen LogP contribution is -2.22. The Hall–Kier alpha value is -4.37. The first-order valence-electron chi connectivity index (χ1n) is 12.8. The standard InChI is InChI=1S/C21H16ClN3O2.C10H7Cl2N3/c22-17-9-5-4-8-15(17)14-10-18-16(19(26)11-14)12-23-21(24-18)25-20(27)13-6-2-1-3-7-13;11-8-7(13)9(12)15-10(14-8)6-4-2-1-3-5-6/h1-9,12,14H,10-11H2,(H,23,24,25,27);1-5H,13H2. The number of fused-ring (bicyclic) bond motifs is 1. The zero-order chi connectivity index (χ0) is 29.6. The summed E-state index contributed by atoms with van der Waals surface area (Å²) in [6, 6.07) is 25.8. The maximum atomic E-state index is 12.5. The van der Waals surface area contributed by atoms with Gasteiger partial charge in [-0.3, -0.25) is 14.9 Å². The Balaban J connectivity index is 0.000000199. The molecule has 0 saturated carbocycles. The minimum absolute atomic E-state index is 0.0119. The van der Waals surface area contributed by atoms with E-state index in [1.807, 2.05) is 60.7 Å². The van der Waals surface area contributed by atoms with Crippen LogP contribution >= 0.6 is 34.8 Å². The van der Waals surface area contributed by atoms with Crippen molar-refractivity contribution in [1.82, 2.24) is 19.9 Å². The number of benzene rings is 3. The lowest BCUT2D eigenvalue weighted by atomic mass is 9.82. The van der Waals surface area contributed by atoms with Crippen LogP contribution in [0.15, 0.2) is 91.1 Å². The highest BCUT2D eigenvalue weighted by Crippen LogP contribution is 2.35. The Morgan fingerprint density at radius 2 is 1.43 bits per heavy atom. The highest BCUT2D eigenvalue weighted by Gasteiger charge is 2.29. The predicted molar refractivity (Wildman–Crippen MR) is 165 cm³/mol. The number of nitrogen functional groups attached to an aromatic ring is 1. The molecular weight excluding hydrogens is 595 g/mol. The molecule has 2 heterocycles. The summed E-state index contributed by atoms with van der Waals surface area (Å²) < 4.78 is 0. The molecule has 8 nitrogen and oxygen atoms in total. The van der Waals surface area contributed by atoms with Crippen LogP contribution in [-0.2, 0) is 6.42 Å². The third-order valence-corrected chi connectivity index (χ3v) is 7.45. The molecule has 0 aliphatic heterocycles. The van der Waals surface area contributed by atoms with Gasteiger partial charge in [-0.25, -0.2) is 19.9 Å². The SMILES string of the molecule is Nc1c(Cl)nc(-c2ccccc2)nc1Cl.O=C(Nc1ncc2c(n1)CC(c1ccccc1Cl)CC2=O)c1ccccc1. The Morgan fingerprint density at radius 3 is 2.10 bits per heavy atom. The minimum atomic E-state index is -0.291. The van der Waals surface area contributed by atoms with E-state index >= 15 is 0 Å². The van der Waals surface area contributed by atoms with Gasteiger partial charge in [-0.2, -0.15) is 0 Å². The average molecular weight is 618 g/mol. The van der Waals surface area contributed by atoms with Gasteiger partial charge in [0.2, 0.25) is 5.95 Å². The van der Waals surface area contributed by atoms with Crippen molar-refractivity contribution in [2.45, 2.75) is 18.8 Å². The zero-order valence-corrected chi connectivity index (χ0v) is 24.2. The molecule has 6 rings (SSSR count). The van der Waals surface area contributed by atoms with Crippen molar-refractivity contribution in [2.75, 3.05) is 11.1 Å². The summed E-state index contributed by atoms with van der Waals surface area (Å²) >= 11 is 17.9. The number of nitrogens with zero attached hydrogens (tertiary/aromatic N) is 4. The second-order valence-corrected chi connectivity index (χ2v) is 10.5. The van der Waals surface area contributed by atoms with Gasteiger partial charge in [0.15, 0.2) is 21.9 Å². The van der Waals surface area contributed by atoms with Crippen LogP contribution in [0.2, 0.25) is 15.3 Å². The molecule has 1 atom stereocenters. The Bertz CT molecular complexity index is 1730. The fourth-order valence-electron chi connectivity index (χ4n) is 4.43. The van der Waals surface area contributed by atoms with Crippen molar-refractivity contribution in [2.24, 2.45) is 0 Å². The third kappa shape index (κ3) is 6.74. The monoisotopic (exact) mass is 616 g/mol. The second kappa shape index (κ2) is 13.1. The maximum absolute atomic E-state index is 12.5. The summed E-state index contributed by atoms with van der Waals surface area (Å²) in [5.41, 5.74) is 9.19. The second-order valence-electron chi connectivity index (χ2n) is 9.33. The van der Waals surface area contributed by atoms with Crippen molar-refractivity contribution in [1.29, 1.82) is 0 Å². The molecule has 3 N–H and O–H groups in total. The molecule has 1 aliphatic carbocycles. The molecule has 210 valence electrons. The smallest absolute Gasteiger partial charge is 0.258 e. The van der Waals surface area contributed by atoms with E-state index in [1.54, 1.807) is 24.3 Å². The normalized spacial score (nSPS) is 13.9. The van der Waals surface area contributed by atoms with E-state index in [4.69, 9.17) is 40.5 Å². The summed E-state index contributed by atoms with van der Waals surface area (Å²) in [4.78, 5) is 41.5. The molecule has 0 fully saturated rings. The summed E-state index contributed by atoms with van der Waals surface area (Å²) in [7, 11) is 0. The van der Waals surface area contributed by atoms with E-state index in [-0.39, 0.29) is 39.6 Å². The number of hydrogen-bond acceptors (Lipinski definition) is 7. The predicted octanol–water partition coefficient (Wildman–Crippen LogP) is 7.33. The van der Waals surface area contributed by atoms with Gasteiger partial charge in [0.1, 0.15) is 5.69 Å². The fourth-order valence-corrected chi connectivity index (χ4v) is 5.10. The molecule has 42 heavy (non-hydrogen) atoms. The molecule has 11 heteroatoms. The lowest BCUT2D eigenvalue weighted by molar-refractivity contribution is 0.0962. The number of rotatable bonds is 4. The number of carbonyl (C=O) groups is 2. The average Bonchev–Trinajstić information content (AvgIpc) is 3.01. The molecule has 0 bridgehead atoms. The van der Waals surface area contributed by atoms with Crippen LogP contribution < -0.4 is 11.1 Å². The molecule has 1 aliphatic rings. The van der Waals surface area contributed by atoms with Gasteiger partial charge in [-0.1, -0.05) is 102 Å². The Kier molecular flexibility index (Phi) is 9.07. The van der Waals surface area contributed by atoms with Gasteiger partial charge in [-0.05, 0) is 36.1 Å². The topological polar surface area (TPSA) is 124 Å². The summed E-state index contributed by atoms with van der Waals surface area (Å²) in [5, 5.41) is 3.68. The fraction of sp³-hybridized carbons (Fsp3) is 0.0968. The van der Waals surface area contributed by atoms with E-state index in [1.165, 1.54) is 6.20 Å². The van der Waals surface area contributed by atoms with E-state index in [0.29, 0.717) is 40.5 Å². The largest absolute Gasteiger partial charge is 0.394 e. The van der Waals surface area contributed by atoms with E-state index in [0.717, 1.165) is 11.1 Å². The highest BCUT2D eigenvalue weighted by atomic mass is 35.5. The van der Waals surface area contributed by atoms with Crippen LogP contribution in [-0.4, -0.2) is 31.6 Å². The van der Waals surface area contributed by atoms with Crippen molar-refractivity contribution >= 4 is 58.1 Å². The van der Waals surface area contributed by atoms with Crippen LogP contribution in [0.1, 0.15) is 44.3 Å². The number of anilines is 2. The minimum Gasteiger partial charge on any atom is -0.394 e. The van der Waals surface area contributed by atoms with Gasteiger partial charge >= 0.3 is 0 Å². The molecule has 5 aromatic rings. The highest BCUT2D eigenvalue weighted by molar-refractivity contribution is 6.37. The van der Waals surface area contributed by atoms with Gasteiger partial charge in [0, 0.05) is 28.8 Å². The molecular formula is C31H23Cl3N6O2. The number of Topliss-reactive ketones (excluding diaryl/α,β-unsaturated/α-hetero) is 1. The number of aromatic nitrogens is 4. The molecule has 2 aromatic heterocycles. The summed E-state index contributed by atoms with van der Waals surface area (Å²) in [5.74, 6) is 0.323. The zero-order valence-electron chi connectivity index (χ0n) is 22.0. The molecule has 0 radical (unpaired) electrons. The van der Waals surface area contributed by atoms with Crippen molar-refractivity contribution in [3.63, 3.8) is 0 Å². The van der Waals surface area contributed by atoms with Gasteiger partial charge in [0.05, 0.1) is 11.3 Å². The molecule has 1 unspecified atom stereocenters. The van der Waals surface area contributed by atoms with Crippen molar-refractivity contribution in [3.05, 3.63) is 129 Å². The number of halogens is 3. The lowest BCUT2D eigenvalue weighted by Gasteiger charge is -2.24. The quantitative estimate of drug-likeness (QED) is 0.202. The summed E-state index contributed by atoms with van der Waals surface area (Å²) in [6.45, 7) is 0. The van der Waals surface area contributed by atoms with Crippen LogP contribution in [0.3, 0.4) is 0 Å². The van der Waals surface area contributed by atoms with Crippen LogP contribution in [0.25, 0.3) is 11.4 Å². The van der Waals surface area contributed by atoms with Gasteiger partial charge < -0.3 is 5.73 Å². The number of nitrogens with one attached hydrogen (secondary N) is 1. The van der Waals surface area contributed by atoms with Gasteiger partial charge in [0.25, 0.3) is 5.91 Å². The Labute approximate surface area is 256 Å². The van der Waals surface area contributed by atoms with E-state index in [9.17, 15) is 9.59 Å². The van der Waals surface area contributed by atoms with Gasteiger partial charge in [-0.15, -0.1) is 0 Å². The number of amides is 1. The Morgan fingerprint density at radius 1 is 0.810 bits per heavy atom. The van der Waals surface area contributed by atoms with Crippen LogP contribution in [0.5, 0.6) is 0 Å². The van der Waals surface area contributed by atoms with Crippen molar-refractivity contribution < 1.29 is 9.59 Å². The summed E-state index contributed by atoms with van der Waals surface area (Å²) in [6.07, 6.45) is 2.44. The first-order valence-corrected chi connectivity index (χ1v) is 14.0. The third-order valence-electron chi connectivity index (χ3n) is 6.53. The molecule has 0 saturated heterocycles. The van der Waals surface area contributed by atoms with E-state index < -0.39 is 0 Å². The molecule has 0 spiro atoms. The van der Waals surface area contributed by atoms with E-state index in [2.05, 4.69) is 25.3 Å². The first-order chi connectivity index (χ1) is 20.3. The number of nitrogens with two attached hydrogens (primary N) is 1. The number of ketones is 1. The maximum Gasteiger partial charge on any atom is 0.258 e. The van der Waals surface area contributed by atoms with Crippen molar-refractivity contribution in [3.8, 4) is 11.4 Å². The number of carbonyl (C=O) groups excluding carboxylic acids is 2. The van der Waals surface area contributed by atoms with Crippen LogP contribution in [0.4, 0.5) is 11.6 Å². The molecule has 1 amide bonds. The first kappa shape index (κ1) is 29.1.